The van der Waals surface area contributed by atoms with Gasteiger partial charge < -0.3 is 0 Å². The molecule has 0 aromatic carbocycles. The van der Waals surface area contributed by atoms with Gasteiger partial charge >= 0.3 is 0 Å². The molecular weight excluding hydrogens is 114 g/mol. The van der Waals surface area contributed by atoms with E-state index in [9.17, 15) is 0 Å². The molecule has 6 heavy (non-hydrogen) atoms. The Bertz CT molecular complexity index is 15.0. The second kappa shape index (κ2) is 9.21. The molecule has 0 amide bonds. The molecule has 0 aliphatic heterocycles. The van der Waals surface area contributed by atoms with E-state index in [2.05, 4.69) is 13.8 Å². The standard InChI is InChI=1S/C4H11P.ClH/c1-3-5-4-2;/h5H,3-4H2,1-2H3;1H. The molecule has 0 aliphatic carbocycles. The molecule has 0 unspecified atom stereocenters. The van der Waals surface area contributed by atoms with Gasteiger partial charge in [-0.05, 0) is 12.3 Å². The molecule has 0 saturated heterocycles. The third-order valence-corrected chi connectivity index (χ3v) is 1.50. The van der Waals surface area contributed by atoms with Crippen LogP contribution in [0.5, 0.6) is 0 Å². The molecule has 0 aromatic rings. The molecular formula is C4H12ClP. The summed E-state index contributed by atoms with van der Waals surface area (Å²) in [6.07, 6.45) is 2.74. The molecule has 0 nitrogen and oxygen atoms in total. The minimum atomic E-state index is 0. The van der Waals surface area contributed by atoms with E-state index in [1.165, 1.54) is 20.9 Å². The Balaban J connectivity index is 0. The molecule has 0 N–H and O–H groups in total. The second-order valence-electron chi connectivity index (χ2n) is 0.957. The van der Waals surface area contributed by atoms with Crippen LogP contribution < -0.4 is 0 Å². The fourth-order valence-electron chi connectivity index (χ4n) is 0.250. The number of hydrogen-bond acceptors (Lipinski definition) is 0. The van der Waals surface area contributed by atoms with Crippen LogP contribution in [0.15, 0.2) is 0 Å². The minimum Gasteiger partial charge on any atom is -0.147 e. The van der Waals surface area contributed by atoms with Crippen LogP contribution >= 0.6 is 21.0 Å². The first-order chi connectivity index (χ1) is 2.41. The fourth-order valence-corrected chi connectivity index (χ4v) is 0.750. The van der Waals surface area contributed by atoms with Crippen LogP contribution in [0, 0.1) is 0 Å². The summed E-state index contributed by atoms with van der Waals surface area (Å²) in [6.45, 7) is 4.45. The average molecular weight is 127 g/mol. The van der Waals surface area contributed by atoms with Crippen LogP contribution in [0.1, 0.15) is 13.8 Å². The summed E-state index contributed by atoms with van der Waals surface area (Å²) in [5.41, 5.74) is 0. The first-order valence-electron chi connectivity index (χ1n) is 2.12. The van der Waals surface area contributed by atoms with Crippen molar-refractivity contribution in [3.63, 3.8) is 0 Å². The number of halogens is 1. The Hall–Kier alpha value is 0.720. The zero-order chi connectivity index (χ0) is 4.12. The summed E-state index contributed by atoms with van der Waals surface area (Å²) in [7, 11) is 1.20. The largest absolute Gasteiger partial charge is 0.147 e. The van der Waals surface area contributed by atoms with Gasteiger partial charge in [0.05, 0.1) is 0 Å². The molecule has 0 radical (unpaired) electrons. The lowest BCUT2D eigenvalue weighted by Crippen LogP contribution is -1.59. The highest BCUT2D eigenvalue weighted by atomic mass is 35.5. The number of rotatable bonds is 2. The van der Waals surface area contributed by atoms with Crippen molar-refractivity contribution in [2.45, 2.75) is 13.8 Å². The fraction of sp³-hybridized carbons (Fsp3) is 1.00. The van der Waals surface area contributed by atoms with Crippen LogP contribution in [0.3, 0.4) is 0 Å². The first kappa shape index (κ1) is 9.87. The molecule has 40 valence electrons. The lowest BCUT2D eigenvalue weighted by Gasteiger charge is -1.80. The molecule has 0 rings (SSSR count). The Kier molecular flexibility index (Phi) is 15.1. The summed E-state index contributed by atoms with van der Waals surface area (Å²) in [5, 5.41) is 0. The van der Waals surface area contributed by atoms with E-state index in [1.807, 2.05) is 0 Å². The summed E-state index contributed by atoms with van der Waals surface area (Å²) >= 11 is 0. The van der Waals surface area contributed by atoms with Gasteiger partial charge in [0, 0.05) is 0 Å². The molecule has 0 aliphatic rings. The van der Waals surface area contributed by atoms with Crippen LogP contribution in [-0.2, 0) is 0 Å². The maximum Gasteiger partial charge on any atom is -0.0382 e. The van der Waals surface area contributed by atoms with E-state index in [0.29, 0.717) is 0 Å². The molecule has 0 heterocycles. The van der Waals surface area contributed by atoms with Crippen molar-refractivity contribution in [3.8, 4) is 0 Å². The second-order valence-corrected chi connectivity index (χ2v) is 2.87. The Morgan fingerprint density at radius 3 is 1.50 bits per heavy atom. The zero-order valence-corrected chi connectivity index (χ0v) is 6.14. The smallest absolute Gasteiger partial charge is 0.0382 e. The molecule has 0 atom stereocenters. The van der Waals surface area contributed by atoms with Gasteiger partial charge in [-0.25, -0.2) is 0 Å². The highest BCUT2D eigenvalue weighted by Gasteiger charge is 1.66. The summed E-state index contributed by atoms with van der Waals surface area (Å²) in [6, 6.07) is 0. The maximum atomic E-state index is 2.22. The van der Waals surface area contributed by atoms with Crippen molar-refractivity contribution in [1.82, 2.24) is 0 Å². The van der Waals surface area contributed by atoms with Gasteiger partial charge in [0.2, 0.25) is 0 Å². The van der Waals surface area contributed by atoms with Crippen LogP contribution in [0.2, 0.25) is 0 Å². The highest BCUT2D eigenvalue weighted by Crippen LogP contribution is 2.03. The van der Waals surface area contributed by atoms with Gasteiger partial charge in [-0.15, -0.1) is 21.0 Å². The zero-order valence-electron chi connectivity index (χ0n) is 4.32. The number of hydrogen-bond donors (Lipinski definition) is 0. The summed E-state index contributed by atoms with van der Waals surface area (Å²) < 4.78 is 0. The van der Waals surface area contributed by atoms with Crippen molar-refractivity contribution >= 4 is 21.0 Å². The first-order valence-corrected chi connectivity index (χ1v) is 3.54. The lowest BCUT2D eigenvalue weighted by molar-refractivity contribution is 1.44. The summed E-state index contributed by atoms with van der Waals surface area (Å²) in [5.74, 6) is 0. The Morgan fingerprint density at radius 1 is 1.17 bits per heavy atom. The SMILES string of the molecule is CCPCC.Cl. The van der Waals surface area contributed by atoms with E-state index in [4.69, 9.17) is 0 Å². The normalized spacial score (nSPS) is 7.00. The van der Waals surface area contributed by atoms with Gasteiger partial charge in [0.25, 0.3) is 0 Å². The molecule has 0 spiro atoms. The Morgan fingerprint density at radius 2 is 1.50 bits per heavy atom. The van der Waals surface area contributed by atoms with Gasteiger partial charge in [-0.3, -0.25) is 0 Å². The Labute approximate surface area is 47.9 Å². The van der Waals surface area contributed by atoms with Crippen LogP contribution in [0.4, 0.5) is 0 Å². The van der Waals surface area contributed by atoms with Crippen molar-refractivity contribution < 1.29 is 0 Å². The minimum absolute atomic E-state index is 0. The maximum absolute atomic E-state index is 2.22. The van der Waals surface area contributed by atoms with Crippen LogP contribution in [-0.4, -0.2) is 12.3 Å². The lowest BCUT2D eigenvalue weighted by atomic mass is 11.0. The van der Waals surface area contributed by atoms with E-state index in [0.717, 1.165) is 0 Å². The van der Waals surface area contributed by atoms with E-state index < -0.39 is 0 Å². The van der Waals surface area contributed by atoms with Crippen LogP contribution in [0.25, 0.3) is 0 Å². The van der Waals surface area contributed by atoms with Crippen molar-refractivity contribution in [2.75, 3.05) is 12.3 Å². The van der Waals surface area contributed by atoms with Gasteiger partial charge in [-0.1, -0.05) is 13.8 Å². The third kappa shape index (κ3) is 8.83. The quantitative estimate of drug-likeness (QED) is 0.498. The van der Waals surface area contributed by atoms with E-state index in [1.54, 1.807) is 0 Å². The molecule has 0 bridgehead atoms. The van der Waals surface area contributed by atoms with Gasteiger partial charge in [0.1, 0.15) is 0 Å². The topological polar surface area (TPSA) is 0 Å². The predicted molar refractivity (Wildman–Crippen MR) is 36.6 cm³/mol. The molecule has 0 fully saturated rings. The van der Waals surface area contributed by atoms with Gasteiger partial charge in [0.15, 0.2) is 0 Å². The third-order valence-electron chi connectivity index (χ3n) is 0.500. The van der Waals surface area contributed by atoms with E-state index in [-0.39, 0.29) is 12.4 Å². The predicted octanol–water partition coefficient (Wildman–Crippen LogP) is 2.13. The highest BCUT2D eigenvalue weighted by molar-refractivity contribution is 7.37. The average Bonchev–Trinajstić information content (AvgIpc) is 1.41. The van der Waals surface area contributed by atoms with Crippen molar-refractivity contribution in [1.29, 1.82) is 0 Å². The monoisotopic (exact) mass is 126 g/mol. The van der Waals surface area contributed by atoms with Crippen molar-refractivity contribution in [2.24, 2.45) is 0 Å². The van der Waals surface area contributed by atoms with Gasteiger partial charge in [-0.2, -0.15) is 0 Å². The van der Waals surface area contributed by atoms with E-state index >= 15 is 0 Å². The molecule has 2 heteroatoms. The molecule has 0 saturated carbocycles. The molecule has 0 aromatic heterocycles. The van der Waals surface area contributed by atoms with Crippen molar-refractivity contribution in [3.05, 3.63) is 0 Å². The summed E-state index contributed by atoms with van der Waals surface area (Å²) in [4.78, 5) is 0.